The summed E-state index contributed by atoms with van der Waals surface area (Å²) >= 11 is 0. The van der Waals surface area contributed by atoms with Crippen LogP contribution in [-0.4, -0.2) is 11.1 Å². The molecule has 0 heterocycles. The molecular weight excluding hydrogens is 238 g/mol. The topological polar surface area (TPSA) is 40.5 Å². The summed E-state index contributed by atoms with van der Waals surface area (Å²) < 4.78 is 0. The fourth-order valence-electron chi connectivity index (χ4n) is 1.99. The summed E-state index contributed by atoms with van der Waals surface area (Å²) in [6, 6.07) is 7.29. The van der Waals surface area contributed by atoms with Gasteiger partial charge in [-0.05, 0) is 25.5 Å². The van der Waals surface area contributed by atoms with Crippen LogP contribution in [0, 0.1) is 6.92 Å². The molecule has 0 aromatic heterocycles. The van der Waals surface area contributed by atoms with E-state index < -0.39 is 0 Å². The van der Waals surface area contributed by atoms with Gasteiger partial charge >= 0.3 is 0 Å². The summed E-state index contributed by atoms with van der Waals surface area (Å²) in [6.07, 6.45) is 7.25. The van der Waals surface area contributed by atoms with Gasteiger partial charge in [0.15, 0.2) is 0 Å². The van der Waals surface area contributed by atoms with Gasteiger partial charge in [0.25, 0.3) is 5.91 Å². The van der Waals surface area contributed by atoms with Crippen molar-refractivity contribution in [2.75, 3.05) is 5.06 Å². The largest absolute Gasteiger partial charge is 0.281 e. The van der Waals surface area contributed by atoms with Crippen LogP contribution in [0.4, 0.5) is 5.69 Å². The highest BCUT2D eigenvalue weighted by Gasteiger charge is 2.12. The molecule has 0 aliphatic heterocycles. The van der Waals surface area contributed by atoms with Gasteiger partial charge in [-0.3, -0.25) is 10.0 Å². The molecule has 3 heteroatoms. The number of hydroxylamine groups is 1. The molecule has 0 fully saturated rings. The summed E-state index contributed by atoms with van der Waals surface area (Å²) in [5.41, 5.74) is 1.65. The second-order valence-corrected chi connectivity index (χ2v) is 5.06. The second-order valence-electron chi connectivity index (χ2n) is 5.06. The van der Waals surface area contributed by atoms with E-state index in [4.69, 9.17) is 0 Å². The third-order valence-corrected chi connectivity index (χ3v) is 3.26. The molecule has 0 radical (unpaired) electrons. The van der Waals surface area contributed by atoms with E-state index in [2.05, 4.69) is 6.92 Å². The highest BCUT2D eigenvalue weighted by molar-refractivity contribution is 5.90. The van der Waals surface area contributed by atoms with Crippen molar-refractivity contribution in [1.29, 1.82) is 0 Å². The molecule has 0 spiro atoms. The van der Waals surface area contributed by atoms with Gasteiger partial charge in [-0.2, -0.15) is 5.06 Å². The van der Waals surface area contributed by atoms with Gasteiger partial charge in [-0.15, -0.1) is 0 Å². The first-order chi connectivity index (χ1) is 9.15. The Morgan fingerprint density at radius 2 is 1.63 bits per heavy atom. The quantitative estimate of drug-likeness (QED) is 0.427. The first kappa shape index (κ1) is 15.7. The summed E-state index contributed by atoms with van der Waals surface area (Å²) in [7, 11) is 0. The molecule has 0 atom stereocenters. The van der Waals surface area contributed by atoms with Crippen molar-refractivity contribution in [2.24, 2.45) is 0 Å². The standard InChI is InChI=1S/C16H25NO2/c1-3-4-5-6-7-8-9-16(18)17(19)15-12-10-14(2)11-13-15/h10-13,19H,3-9H2,1-2H3. The van der Waals surface area contributed by atoms with Crippen LogP contribution in [0.2, 0.25) is 0 Å². The molecule has 0 aliphatic carbocycles. The minimum atomic E-state index is -0.223. The lowest BCUT2D eigenvalue weighted by molar-refractivity contribution is -0.123. The number of anilines is 1. The number of benzene rings is 1. The SMILES string of the molecule is CCCCCCCCC(=O)N(O)c1ccc(C)cc1. The number of rotatable bonds is 8. The Balaban J connectivity index is 2.27. The third-order valence-electron chi connectivity index (χ3n) is 3.26. The van der Waals surface area contributed by atoms with Crippen molar-refractivity contribution in [2.45, 2.75) is 58.8 Å². The number of nitrogens with zero attached hydrogens (tertiary/aromatic N) is 1. The maximum absolute atomic E-state index is 11.8. The van der Waals surface area contributed by atoms with Crippen molar-refractivity contribution >= 4 is 11.6 Å². The van der Waals surface area contributed by atoms with E-state index in [-0.39, 0.29) is 5.91 Å². The molecular formula is C16H25NO2. The molecule has 19 heavy (non-hydrogen) atoms. The predicted molar refractivity (Wildman–Crippen MR) is 78.4 cm³/mol. The summed E-state index contributed by atoms with van der Waals surface area (Å²) in [5.74, 6) is -0.223. The monoisotopic (exact) mass is 263 g/mol. The van der Waals surface area contributed by atoms with Gasteiger partial charge in [0.1, 0.15) is 0 Å². The zero-order valence-electron chi connectivity index (χ0n) is 12.1. The maximum atomic E-state index is 11.8. The molecule has 1 N–H and O–H groups in total. The van der Waals surface area contributed by atoms with Crippen LogP contribution in [-0.2, 0) is 4.79 Å². The average Bonchev–Trinajstić information content (AvgIpc) is 2.42. The number of hydrogen-bond donors (Lipinski definition) is 1. The fraction of sp³-hybridized carbons (Fsp3) is 0.562. The summed E-state index contributed by atoms with van der Waals surface area (Å²) in [5, 5.41) is 10.6. The van der Waals surface area contributed by atoms with Crippen LogP contribution in [0.3, 0.4) is 0 Å². The molecule has 3 nitrogen and oxygen atoms in total. The van der Waals surface area contributed by atoms with E-state index in [1.165, 1.54) is 25.7 Å². The van der Waals surface area contributed by atoms with Crippen LogP contribution in [0.1, 0.15) is 57.4 Å². The molecule has 0 unspecified atom stereocenters. The lowest BCUT2D eigenvalue weighted by Crippen LogP contribution is -2.26. The van der Waals surface area contributed by atoms with Crippen LogP contribution in [0.5, 0.6) is 0 Å². The number of aryl methyl sites for hydroxylation is 1. The molecule has 1 aromatic rings. The molecule has 1 rings (SSSR count). The van der Waals surface area contributed by atoms with E-state index in [1.54, 1.807) is 12.1 Å². The molecule has 0 saturated carbocycles. The first-order valence-electron chi connectivity index (χ1n) is 7.23. The Bertz CT molecular complexity index is 373. The van der Waals surface area contributed by atoms with Gasteiger partial charge < -0.3 is 0 Å². The number of amides is 1. The second kappa shape index (κ2) is 8.70. The molecule has 106 valence electrons. The van der Waals surface area contributed by atoms with E-state index >= 15 is 0 Å². The molecule has 0 aliphatic rings. The van der Waals surface area contributed by atoms with Crippen LogP contribution in [0.15, 0.2) is 24.3 Å². The van der Waals surface area contributed by atoms with Crippen molar-refractivity contribution in [3.63, 3.8) is 0 Å². The van der Waals surface area contributed by atoms with Gasteiger partial charge in [0.2, 0.25) is 0 Å². The fourth-order valence-corrected chi connectivity index (χ4v) is 1.99. The maximum Gasteiger partial charge on any atom is 0.250 e. The number of carbonyl (C=O) groups excluding carboxylic acids is 1. The lowest BCUT2D eigenvalue weighted by Gasteiger charge is -2.15. The van der Waals surface area contributed by atoms with Crippen LogP contribution in [0.25, 0.3) is 0 Å². The number of hydrogen-bond acceptors (Lipinski definition) is 2. The van der Waals surface area contributed by atoms with Gasteiger partial charge in [0, 0.05) is 6.42 Å². The number of unbranched alkanes of at least 4 members (excludes halogenated alkanes) is 5. The van der Waals surface area contributed by atoms with Gasteiger partial charge in [0.05, 0.1) is 5.69 Å². The normalized spacial score (nSPS) is 10.5. The molecule has 1 aromatic carbocycles. The van der Waals surface area contributed by atoms with E-state index in [9.17, 15) is 10.0 Å². The van der Waals surface area contributed by atoms with E-state index in [0.29, 0.717) is 12.1 Å². The molecule has 0 saturated heterocycles. The lowest BCUT2D eigenvalue weighted by atomic mass is 10.1. The van der Waals surface area contributed by atoms with Crippen molar-refractivity contribution in [1.82, 2.24) is 0 Å². The van der Waals surface area contributed by atoms with Crippen molar-refractivity contribution in [3.8, 4) is 0 Å². The Labute approximate surface area is 116 Å². The highest BCUT2D eigenvalue weighted by Crippen LogP contribution is 2.15. The van der Waals surface area contributed by atoms with E-state index in [0.717, 1.165) is 23.5 Å². The molecule has 1 amide bonds. The smallest absolute Gasteiger partial charge is 0.250 e. The van der Waals surface area contributed by atoms with E-state index in [1.807, 2.05) is 19.1 Å². The Kier molecular flexibility index (Phi) is 7.19. The summed E-state index contributed by atoms with van der Waals surface area (Å²) in [6.45, 7) is 4.17. The van der Waals surface area contributed by atoms with Crippen molar-refractivity contribution in [3.05, 3.63) is 29.8 Å². The minimum absolute atomic E-state index is 0.223. The van der Waals surface area contributed by atoms with Gasteiger partial charge in [-0.25, -0.2) is 0 Å². The first-order valence-corrected chi connectivity index (χ1v) is 7.23. The number of carbonyl (C=O) groups is 1. The predicted octanol–water partition coefficient (Wildman–Crippen LogP) is 4.47. The zero-order valence-corrected chi connectivity index (χ0v) is 12.1. The van der Waals surface area contributed by atoms with Gasteiger partial charge in [-0.1, -0.05) is 56.7 Å². The molecule has 0 bridgehead atoms. The Morgan fingerprint density at radius 3 is 2.26 bits per heavy atom. The van der Waals surface area contributed by atoms with Crippen molar-refractivity contribution < 1.29 is 10.0 Å². The Hall–Kier alpha value is -1.35. The highest BCUT2D eigenvalue weighted by atomic mass is 16.5. The third kappa shape index (κ3) is 5.88. The Morgan fingerprint density at radius 1 is 1.05 bits per heavy atom. The average molecular weight is 263 g/mol. The van der Waals surface area contributed by atoms with Crippen LogP contribution >= 0.6 is 0 Å². The minimum Gasteiger partial charge on any atom is -0.281 e. The summed E-state index contributed by atoms with van der Waals surface area (Å²) in [4.78, 5) is 11.8. The zero-order chi connectivity index (χ0) is 14.1. The van der Waals surface area contributed by atoms with Crippen LogP contribution < -0.4 is 5.06 Å².